The zero-order chi connectivity index (χ0) is 57.2. The summed E-state index contributed by atoms with van der Waals surface area (Å²) in [4.78, 5) is 113. The van der Waals surface area contributed by atoms with Gasteiger partial charge in [-0.25, -0.2) is 10.3 Å². The minimum absolute atomic E-state index is 0.0515. The number of esters is 1. The van der Waals surface area contributed by atoms with Gasteiger partial charge in [-0.3, -0.25) is 38.9 Å². The summed E-state index contributed by atoms with van der Waals surface area (Å²) >= 11 is 2.93. The molecule has 1 fully saturated rings. The lowest BCUT2D eigenvalue weighted by atomic mass is 10.0. The van der Waals surface area contributed by atoms with Gasteiger partial charge in [-0.15, -0.1) is 10.1 Å². The summed E-state index contributed by atoms with van der Waals surface area (Å²) in [6.07, 6.45) is 13.7. The molecule has 0 spiro atoms. The molecule has 0 unspecified atom stereocenters. The number of para-hydroxylation sites is 1. The van der Waals surface area contributed by atoms with Crippen LogP contribution in [0.4, 0.5) is 17.1 Å². The number of hydrazine groups is 1. The summed E-state index contributed by atoms with van der Waals surface area (Å²) in [7, 11) is 4.10. The number of carbonyl (C=O) groups excluding carboxylic acids is 7. The molecule has 77 heavy (non-hydrogen) atoms. The number of hydrogen-bond donors (Lipinski definition) is 7. The molecule has 2 aliphatic heterocycles. The van der Waals surface area contributed by atoms with Crippen LogP contribution in [0.15, 0.2) is 53.1 Å². The number of nitrogens with zero attached hydrogens (tertiary/aromatic N) is 3. The minimum Gasteiger partial charge on any atom is -0.467 e. The highest BCUT2D eigenvalue weighted by Gasteiger charge is 2.39. The highest BCUT2D eigenvalue weighted by Crippen LogP contribution is 2.39. The molecule has 2 aliphatic rings. The van der Waals surface area contributed by atoms with Crippen LogP contribution in [0.1, 0.15) is 114 Å². The maximum Gasteiger partial charge on any atom is 0.329 e. The molecule has 21 nitrogen and oxygen atoms in total. The Kier molecular flexibility index (Phi) is 29.4. The van der Waals surface area contributed by atoms with Crippen molar-refractivity contribution in [3.63, 3.8) is 0 Å². The molecule has 430 valence electrons. The Morgan fingerprint density at radius 1 is 0.883 bits per heavy atom. The van der Waals surface area contributed by atoms with E-state index >= 15 is 0 Å². The number of likely N-dealkylation sites (tertiary alicyclic amines) is 1. The highest BCUT2D eigenvalue weighted by molar-refractivity contribution is 8.77. The van der Waals surface area contributed by atoms with Crippen molar-refractivity contribution in [2.75, 3.05) is 66.7 Å². The van der Waals surface area contributed by atoms with Crippen molar-refractivity contribution >= 4 is 104 Å². The number of anilines is 2. The van der Waals surface area contributed by atoms with Gasteiger partial charge in [-0.05, 0) is 103 Å². The first-order valence-corrected chi connectivity index (χ1v) is 30.7. The first kappa shape index (κ1) is 66.3. The van der Waals surface area contributed by atoms with E-state index in [0.717, 1.165) is 30.9 Å². The number of nitro groups is 1. The summed E-state index contributed by atoms with van der Waals surface area (Å²) in [5.41, 5.74) is 9.23. The molecule has 2 heterocycles. The monoisotopic (exact) mass is 1150 g/mol. The largest absolute Gasteiger partial charge is 0.467 e. The van der Waals surface area contributed by atoms with Gasteiger partial charge in [-0.2, -0.15) is 28.9 Å². The van der Waals surface area contributed by atoms with Crippen LogP contribution in [0.2, 0.25) is 0 Å². The van der Waals surface area contributed by atoms with Gasteiger partial charge >= 0.3 is 5.97 Å². The number of nitrogens with one attached hydrogen (secondary N) is 7. The molecule has 0 saturated carbocycles. The zero-order valence-corrected chi connectivity index (χ0v) is 49.8. The number of carbonyl (C=O) groups is 7. The first-order chi connectivity index (χ1) is 36.4. The number of amides is 6. The number of ether oxygens (including phenoxy) is 1. The molecule has 1 aromatic rings. The van der Waals surface area contributed by atoms with E-state index in [0.29, 0.717) is 30.0 Å². The van der Waals surface area contributed by atoms with E-state index in [2.05, 4.69) is 83.4 Å². The van der Waals surface area contributed by atoms with Crippen molar-refractivity contribution < 1.29 is 48.2 Å². The normalized spacial score (nSPS) is 16.1. The van der Waals surface area contributed by atoms with Crippen LogP contribution in [-0.4, -0.2) is 142 Å². The molecule has 25 heteroatoms. The van der Waals surface area contributed by atoms with Crippen LogP contribution >= 0.6 is 45.1 Å². The van der Waals surface area contributed by atoms with Crippen molar-refractivity contribution in [2.45, 2.75) is 149 Å². The Balaban J connectivity index is 1.62. The van der Waals surface area contributed by atoms with Crippen LogP contribution in [0.3, 0.4) is 0 Å². The average molecular weight is 1150 g/mol. The van der Waals surface area contributed by atoms with Crippen LogP contribution in [0, 0.1) is 16.0 Å². The number of thioether (sulfide) groups is 2. The molecule has 3 rings (SSSR count). The molecule has 1 saturated heterocycles. The fourth-order valence-corrected chi connectivity index (χ4v) is 11.8. The fraction of sp³-hybridized carbons (Fsp3) is 0.635. The van der Waals surface area contributed by atoms with E-state index < -0.39 is 89.6 Å². The van der Waals surface area contributed by atoms with Crippen molar-refractivity contribution in [3.8, 4) is 0 Å². The lowest BCUT2D eigenvalue weighted by molar-refractivity contribution is -0.384. The summed E-state index contributed by atoms with van der Waals surface area (Å²) in [6, 6.07) is -0.799. The molecule has 0 aliphatic carbocycles. The van der Waals surface area contributed by atoms with E-state index in [1.807, 2.05) is 40.9 Å². The predicted molar refractivity (Wildman–Crippen MR) is 311 cm³/mol. The number of benzene rings is 1. The van der Waals surface area contributed by atoms with Crippen LogP contribution in [0.25, 0.3) is 0 Å². The number of methoxy groups -OCH3 is 1. The standard InChI is InChI=1S/C52H82N10O11S4/c1-33(2)16-12-17-35(5)18-13-19-36(6)23-27-75-31-41(51(69)72-10)58-49(67)43-22-15-25-60(43)50(68)39(28-34(3)4)55-44(63)29-53-47(65)38(24-26-74-11)57-48(66)40(32-76-77-52(7,8)9)56-45(64)30-54-61-46-37(59-73-61)20-14-21-42(46)62(70)71/h14,16,18,20-21,23,34,38-41,43,54,59H,12-13,15,17,19,22,24-32H2,1-11H3,(H,53,65)(H,55,63)(H,56,64)(H,57,66)(H,58,67)/b35-18+,36-23+/t38-,39-,40-,41-,43-/m0/s1. The Morgan fingerprint density at radius 2 is 1.56 bits per heavy atom. The SMILES string of the molecule is COC(=O)[C@H](CSC/C=C(\C)CC/C=C(\C)CCC=C(C)C)NC(=O)[C@@H]1CCCN1C(=O)[C@H](CC(C)C)NC(=O)CNC(=O)[C@H](CCSC)NC(=O)[C@H](CSSC(C)(C)C)NC(=O)CNN1ONc2cccc([N+](=O)[O-])c21. The maximum atomic E-state index is 14.2. The topological polar surface area (TPSA) is 272 Å². The molecule has 1 aromatic carbocycles. The van der Waals surface area contributed by atoms with Gasteiger partial charge in [0.05, 0.1) is 30.8 Å². The quantitative estimate of drug-likeness (QED) is 0.00984. The molecule has 5 atom stereocenters. The summed E-state index contributed by atoms with van der Waals surface area (Å²) in [5, 5.41) is 26.2. The Labute approximate surface area is 470 Å². The zero-order valence-electron chi connectivity index (χ0n) is 46.5. The Morgan fingerprint density at radius 3 is 2.21 bits per heavy atom. The molecular formula is C52H82N10O11S4. The Hall–Kier alpha value is -4.95. The van der Waals surface area contributed by atoms with Crippen LogP contribution in [0.5, 0.6) is 0 Å². The molecular weight excluding hydrogens is 1070 g/mol. The van der Waals surface area contributed by atoms with E-state index in [9.17, 15) is 43.7 Å². The smallest absolute Gasteiger partial charge is 0.329 e. The van der Waals surface area contributed by atoms with Crippen LogP contribution < -0.4 is 42.7 Å². The van der Waals surface area contributed by atoms with Gasteiger partial charge < -0.3 is 36.2 Å². The molecule has 6 amide bonds. The summed E-state index contributed by atoms with van der Waals surface area (Å²) in [5.74, 6) is -2.79. The number of fused-ring (bicyclic) bond motifs is 1. The molecule has 0 radical (unpaired) electrons. The van der Waals surface area contributed by atoms with Gasteiger partial charge in [0.1, 0.15) is 30.2 Å². The van der Waals surface area contributed by atoms with Crippen molar-refractivity contribution in [2.24, 2.45) is 5.92 Å². The maximum absolute atomic E-state index is 14.2. The molecule has 7 N–H and O–H groups in total. The highest BCUT2D eigenvalue weighted by atomic mass is 33.1. The fourth-order valence-electron chi connectivity index (χ4n) is 7.89. The minimum atomic E-state index is -1.13. The van der Waals surface area contributed by atoms with Gasteiger partial charge in [0.25, 0.3) is 5.69 Å². The summed E-state index contributed by atoms with van der Waals surface area (Å²) < 4.78 is 4.84. The van der Waals surface area contributed by atoms with Gasteiger partial charge in [0.15, 0.2) is 5.69 Å². The number of hydrogen-bond acceptors (Lipinski definition) is 18. The van der Waals surface area contributed by atoms with Gasteiger partial charge in [-0.1, -0.05) is 97.2 Å². The first-order valence-electron chi connectivity index (χ1n) is 25.9. The van der Waals surface area contributed by atoms with Gasteiger partial charge in [0, 0.05) is 34.6 Å². The third-order valence-corrected chi connectivity index (χ3v) is 16.8. The second kappa shape index (κ2) is 34.1. The van der Waals surface area contributed by atoms with Crippen LogP contribution in [-0.2, 0) is 43.2 Å². The van der Waals surface area contributed by atoms with Gasteiger partial charge in [0.2, 0.25) is 35.4 Å². The lowest BCUT2D eigenvalue weighted by Crippen LogP contribution is -2.58. The van der Waals surface area contributed by atoms with E-state index in [1.165, 1.54) is 86.0 Å². The predicted octanol–water partition coefficient (Wildman–Crippen LogP) is 6.53. The molecule has 0 aromatic heterocycles. The number of allylic oxidation sites excluding steroid dienone is 5. The average Bonchev–Trinajstić information content (AvgIpc) is 4.04. The van der Waals surface area contributed by atoms with E-state index in [1.54, 1.807) is 6.07 Å². The summed E-state index contributed by atoms with van der Waals surface area (Å²) in [6.45, 7) is 17.5. The second-order valence-electron chi connectivity index (χ2n) is 20.4. The van der Waals surface area contributed by atoms with Crippen molar-refractivity contribution in [3.05, 3.63) is 63.3 Å². The lowest BCUT2D eigenvalue weighted by Gasteiger charge is -2.30. The number of nitro benzene ring substituents is 1. The number of rotatable bonds is 33. The second-order valence-corrected chi connectivity index (χ2v) is 25.7. The third kappa shape index (κ3) is 24.3. The Bertz CT molecular complexity index is 2270. The van der Waals surface area contributed by atoms with Crippen molar-refractivity contribution in [1.82, 2.24) is 36.9 Å². The molecule has 0 bridgehead atoms. The third-order valence-electron chi connectivity index (χ3n) is 11.8. The van der Waals surface area contributed by atoms with E-state index in [-0.39, 0.29) is 52.9 Å². The van der Waals surface area contributed by atoms with Crippen molar-refractivity contribution in [1.29, 1.82) is 0 Å². The van der Waals surface area contributed by atoms with E-state index in [4.69, 9.17) is 9.68 Å².